The molecule has 0 aromatic heterocycles. The molecule has 1 amide bonds. The predicted octanol–water partition coefficient (Wildman–Crippen LogP) is 4.68. The predicted molar refractivity (Wildman–Crippen MR) is 112 cm³/mol. The molecule has 0 saturated carbocycles. The number of hydrogen-bond acceptors (Lipinski definition) is 5. The Balaban J connectivity index is 2.41. The summed E-state index contributed by atoms with van der Waals surface area (Å²) < 4.78 is 11.2. The number of rotatable bonds is 8. The maximum absolute atomic E-state index is 12.9. The minimum Gasteiger partial charge on any atom is -0.497 e. The molecular formula is C22H28N2O5. The number of non-ortho nitro benzene ring substituents is 1. The minimum absolute atomic E-state index is 0.0338. The summed E-state index contributed by atoms with van der Waals surface area (Å²) in [5, 5.41) is 11.2. The van der Waals surface area contributed by atoms with Gasteiger partial charge in [-0.25, -0.2) is 0 Å². The Morgan fingerprint density at radius 3 is 2.07 bits per heavy atom. The second-order valence-corrected chi connectivity index (χ2v) is 7.36. The lowest BCUT2D eigenvalue weighted by molar-refractivity contribution is -0.384. The van der Waals surface area contributed by atoms with Crippen LogP contribution in [0.2, 0.25) is 0 Å². The zero-order valence-corrected chi connectivity index (χ0v) is 17.7. The maximum atomic E-state index is 12.9. The van der Waals surface area contributed by atoms with E-state index >= 15 is 0 Å². The van der Waals surface area contributed by atoms with Crippen LogP contribution in [0, 0.1) is 10.1 Å². The van der Waals surface area contributed by atoms with Gasteiger partial charge in [0.1, 0.15) is 11.5 Å². The Hall–Kier alpha value is -3.09. The van der Waals surface area contributed by atoms with Gasteiger partial charge in [-0.1, -0.05) is 12.1 Å². The number of nitrogens with zero attached hydrogens (tertiary/aromatic N) is 2. The van der Waals surface area contributed by atoms with Crippen molar-refractivity contribution in [2.75, 3.05) is 7.11 Å². The number of carbonyl (C=O) groups excluding carboxylic acids is 1. The van der Waals surface area contributed by atoms with Gasteiger partial charge in [0.2, 0.25) is 0 Å². The highest BCUT2D eigenvalue weighted by Crippen LogP contribution is 2.35. The number of ether oxygens (including phenoxy) is 2. The average molecular weight is 400 g/mol. The van der Waals surface area contributed by atoms with Gasteiger partial charge in [-0.15, -0.1) is 0 Å². The fourth-order valence-electron chi connectivity index (χ4n) is 3.29. The summed E-state index contributed by atoms with van der Waals surface area (Å²) in [5.74, 6) is 0.956. The van der Waals surface area contributed by atoms with Crippen molar-refractivity contribution >= 4 is 11.6 Å². The average Bonchev–Trinajstić information content (AvgIpc) is 2.67. The molecule has 0 N–H and O–H groups in total. The molecule has 0 saturated heterocycles. The topological polar surface area (TPSA) is 81.9 Å². The highest BCUT2D eigenvalue weighted by molar-refractivity contribution is 5.82. The van der Waals surface area contributed by atoms with Crippen LogP contribution in [0.1, 0.15) is 34.6 Å². The molecule has 1 atom stereocenters. The molecule has 2 aromatic rings. The van der Waals surface area contributed by atoms with Gasteiger partial charge in [-0.2, -0.15) is 0 Å². The molecule has 0 fully saturated rings. The molecule has 0 spiro atoms. The van der Waals surface area contributed by atoms with Crippen molar-refractivity contribution < 1.29 is 19.2 Å². The number of methoxy groups -OCH3 is 1. The molecule has 156 valence electrons. The third-order valence-corrected chi connectivity index (χ3v) is 4.59. The van der Waals surface area contributed by atoms with Gasteiger partial charge in [0, 0.05) is 29.8 Å². The summed E-state index contributed by atoms with van der Waals surface area (Å²) in [6, 6.07) is 11.6. The summed E-state index contributed by atoms with van der Waals surface area (Å²) in [5.41, 5.74) is 1.23. The number of nitro groups is 1. The zero-order valence-electron chi connectivity index (χ0n) is 17.7. The molecule has 0 aliphatic carbocycles. The third kappa shape index (κ3) is 5.25. The van der Waals surface area contributed by atoms with Gasteiger partial charge >= 0.3 is 0 Å². The Labute approximate surface area is 171 Å². The van der Waals surface area contributed by atoms with Crippen LogP contribution >= 0.6 is 0 Å². The van der Waals surface area contributed by atoms with Crippen LogP contribution in [0.5, 0.6) is 11.5 Å². The molecule has 7 nitrogen and oxygen atoms in total. The SMILES string of the molecule is COc1ccc(-c2cc([N+](=O)[O-])ccc2O[C@H](C)C(=O)N(C(C)C)C(C)C)cc1. The molecule has 0 radical (unpaired) electrons. The first-order valence-electron chi connectivity index (χ1n) is 9.57. The van der Waals surface area contributed by atoms with Crippen molar-refractivity contribution in [1.82, 2.24) is 4.90 Å². The first-order chi connectivity index (χ1) is 13.6. The summed E-state index contributed by atoms with van der Waals surface area (Å²) in [7, 11) is 1.57. The van der Waals surface area contributed by atoms with E-state index in [9.17, 15) is 14.9 Å². The van der Waals surface area contributed by atoms with Crippen molar-refractivity contribution in [3.8, 4) is 22.6 Å². The molecule has 0 unspecified atom stereocenters. The van der Waals surface area contributed by atoms with Crippen molar-refractivity contribution in [2.45, 2.75) is 52.8 Å². The first kappa shape index (κ1) is 22.2. The van der Waals surface area contributed by atoms with E-state index < -0.39 is 11.0 Å². The van der Waals surface area contributed by atoms with Crippen LogP contribution in [0.4, 0.5) is 5.69 Å². The van der Waals surface area contributed by atoms with Gasteiger partial charge in [0.05, 0.1) is 12.0 Å². The summed E-state index contributed by atoms with van der Waals surface area (Å²) in [4.78, 5) is 25.5. The van der Waals surface area contributed by atoms with E-state index in [4.69, 9.17) is 9.47 Å². The largest absolute Gasteiger partial charge is 0.497 e. The van der Waals surface area contributed by atoms with Crippen LogP contribution in [-0.4, -0.2) is 41.0 Å². The lowest BCUT2D eigenvalue weighted by Crippen LogP contribution is -2.48. The number of hydrogen-bond donors (Lipinski definition) is 0. The fourth-order valence-corrected chi connectivity index (χ4v) is 3.29. The molecule has 0 aliphatic rings. The number of benzene rings is 2. The van der Waals surface area contributed by atoms with Gasteiger partial charge in [-0.05, 0) is 58.4 Å². The Bertz CT molecular complexity index is 854. The minimum atomic E-state index is -0.738. The van der Waals surface area contributed by atoms with E-state index in [2.05, 4.69) is 0 Å². The molecular weight excluding hydrogens is 372 g/mol. The number of amides is 1. The monoisotopic (exact) mass is 400 g/mol. The van der Waals surface area contributed by atoms with Crippen LogP contribution in [0.15, 0.2) is 42.5 Å². The Morgan fingerprint density at radius 2 is 1.59 bits per heavy atom. The lowest BCUT2D eigenvalue weighted by Gasteiger charge is -2.33. The molecule has 0 bridgehead atoms. The third-order valence-electron chi connectivity index (χ3n) is 4.59. The number of nitro benzene ring substituents is 1. The second kappa shape index (κ2) is 9.41. The molecule has 0 heterocycles. The standard InChI is InChI=1S/C22H28N2O5/c1-14(2)23(15(3)4)22(25)16(5)29-21-12-9-18(24(26)27)13-20(21)17-7-10-19(28-6)11-8-17/h7-16H,1-6H3/t16-/m1/s1. The van der Waals surface area contributed by atoms with Crippen LogP contribution < -0.4 is 9.47 Å². The molecule has 2 rings (SSSR count). The van der Waals surface area contributed by atoms with E-state index in [0.717, 1.165) is 5.56 Å². The van der Waals surface area contributed by atoms with Gasteiger partial charge in [0.25, 0.3) is 11.6 Å². The summed E-state index contributed by atoms with van der Waals surface area (Å²) in [6.07, 6.45) is -0.738. The van der Waals surface area contributed by atoms with Gasteiger partial charge < -0.3 is 14.4 Å². The summed E-state index contributed by atoms with van der Waals surface area (Å²) >= 11 is 0. The van der Waals surface area contributed by atoms with E-state index in [-0.39, 0.29) is 23.7 Å². The van der Waals surface area contributed by atoms with Gasteiger partial charge in [0.15, 0.2) is 6.10 Å². The highest BCUT2D eigenvalue weighted by Gasteiger charge is 2.27. The molecule has 0 aliphatic heterocycles. The Kier molecular flexibility index (Phi) is 7.20. The van der Waals surface area contributed by atoms with Crippen LogP contribution in [0.3, 0.4) is 0 Å². The van der Waals surface area contributed by atoms with Gasteiger partial charge in [-0.3, -0.25) is 14.9 Å². The second-order valence-electron chi connectivity index (χ2n) is 7.36. The molecule has 29 heavy (non-hydrogen) atoms. The van der Waals surface area contributed by atoms with Crippen molar-refractivity contribution in [3.05, 3.63) is 52.6 Å². The Morgan fingerprint density at radius 1 is 1.00 bits per heavy atom. The van der Waals surface area contributed by atoms with Crippen molar-refractivity contribution in [2.24, 2.45) is 0 Å². The van der Waals surface area contributed by atoms with E-state index in [1.165, 1.54) is 18.2 Å². The molecule has 2 aromatic carbocycles. The van der Waals surface area contributed by atoms with Crippen molar-refractivity contribution in [3.63, 3.8) is 0 Å². The van der Waals surface area contributed by atoms with Crippen LogP contribution in [0.25, 0.3) is 11.1 Å². The number of carbonyl (C=O) groups is 1. The summed E-state index contributed by atoms with van der Waals surface area (Å²) in [6.45, 7) is 9.52. The van der Waals surface area contributed by atoms with E-state index in [1.807, 2.05) is 27.7 Å². The normalized spacial score (nSPS) is 12.0. The van der Waals surface area contributed by atoms with E-state index in [1.54, 1.807) is 43.2 Å². The lowest BCUT2D eigenvalue weighted by atomic mass is 10.0. The fraction of sp³-hybridized carbons (Fsp3) is 0.409. The van der Waals surface area contributed by atoms with Crippen molar-refractivity contribution in [1.29, 1.82) is 0 Å². The molecule has 7 heteroatoms. The van der Waals surface area contributed by atoms with Crippen LogP contribution in [-0.2, 0) is 4.79 Å². The van der Waals surface area contributed by atoms with E-state index in [0.29, 0.717) is 17.1 Å². The highest BCUT2D eigenvalue weighted by atomic mass is 16.6. The quantitative estimate of drug-likeness (QED) is 0.474. The zero-order chi connectivity index (χ0) is 21.7. The smallest absolute Gasteiger partial charge is 0.270 e. The maximum Gasteiger partial charge on any atom is 0.270 e. The first-order valence-corrected chi connectivity index (χ1v) is 9.57.